The lowest BCUT2D eigenvalue weighted by Crippen LogP contribution is -2.55. The Labute approximate surface area is 349 Å². The fourth-order valence-corrected chi connectivity index (χ4v) is 10.5. The van der Waals surface area contributed by atoms with Gasteiger partial charge < -0.3 is 24.8 Å². The number of likely N-dealkylation sites (tertiary alicyclic amines) is 1. The van der Waals surface area contributed by atoms with Gasteiger partial charge in [-0.25, -0.2) is 13.2 Å². The van der Waals surface area contributed by atoms with E-state index in [4.69, 9.17) is 20.9 Å². The number of aromatic hydroxyl groups is 1. The van der Waals surface area contributed by atoms with Gasteiger partial charge >= 0.3 is 6.01 Å². The number of nitrogens with one attached hydrogen (secondary N) is 1. The van der Waals surface area contributed by atoms with E-state index in [1.54, 1.807) is 11.9 Å². The molecule has 14 heteroatoms. The van der Waals surface area contributed by atoms with Crippen molar-refractivity contribution in [2.45, 2.75) is 107 Å². The van der Waals surface area contributed by atoms with Gasteiger partial charge in [0, 0.05) is 68.4 Å². The number of likely N-dealkylation sites (N-methyl/N-ethyl adjacent to an activating group) is 1. The Morgan fingerprint density at radius 1 is 1.18 bits per heavy atom. The minimum atomic E-state index is -1.04. The van der Waals surface area contributed by atoms with Crippen LogP contribution >= 0.6 is 0 Å². The Morgan fingerprint density at radius 2 is 1.93 bits per heavy atom. The number of terminal acetylenes is 1. The number of carbonyl (C=O) groups is 1. The standard InChI is InChI=1S/C46H54F3N7O4/c1-6-34-37(48)15-10-29-20-33(57)21-35(39(29)34)41-40(49)42-36(23-50-41)43(51-26-46(16-8-9-17-46)54(5)38(58)7-2)53-44(52-42)60-27-45(4)22-30(47)24-56(45)32-13-11-31(12-14-32)55-18-19-59-25-28(55)3/h1,7,10,15,20-21,23,28,30-32,57H,2,8-9,11-14,16-19,22,24-27H2,3-5H3,(H,51,52,53)/t28-,30?,31?,32?,45?/m0/s1. The highest BCUT2D eigenvalue weighted by Gasteiger charge is 2.47. The first-order chi connectivity index (χ1) is 28.8. The molecule has 8 rings (SSSR count). The van der Waals surface area contributed by atoms with Crippen molar-refractivity contribution in [3.05, 3.63) is 60.3 Å². The molecule has 2 saturated carbocycles. The molecule has 2 saturated heterocycles. The molecule has 4 fully saturated rings. The van der Waals surface area contributed by atoms with Gasteiger partial charge in [0.05, 0.1) is 35.2 Å². The van der Waals surface area contributed by atoms with Gasteiger partial charge in [0.25, 0.3) is 0 Å². The van der Waals surface area contributed by atoms with Gasteiger partial charge in [0.1, 0.15) is 41.4 Å². The van der Waals surface area contributed by atoms with Crippen molar-refractivity contribution >= 4 is 33.4 Å². The zero-order valence-electron chi connectivity index (χ0n) is 34.7. The number of hydrogen-bond acceptors (Lipinski definition) is 10. The first-order valence-corrected chi connectivity index (χ1v) is 21.1. The van der Waals surface area contributed by atoms with E-state index in [9.17, 15) is 9.90 Å². The lowest BCUT2D eigenvalue weighted by Gasteiger charge is -2.46. The van der Waals surface area contributed by atoms with Crippen LogP contribution in [0, 0.1) is 24.0 Å². The van der Waals surface area contributed by atoms with Gasteiger partial charge in [-0.15, -0.1) is 6.42 Å². The minimum absolute atomic E-state index is 0.0564. The molecule has 60 heavy (non-hydrogen) atoms. The number of amides is 1. The number of pyridine rings is 1. The van der Waals surface area contributed by atoms with Gasteiger partial charge in [-0.05, 0) is 82.0 Å². The molecule has 2 aromatic heterocycles. The zero-order valence-corrected chi connectivity index (χ0v) is 34.7. The molecule has 4 heterocycles. The zero-order chi connectivity index (χ0) is 42.3. The molecule has 0 bridgehead atoms. The van der Waals surface area contributed by atoms with Crippen molar-refractivity contribution in [2.24, 2.45) is 0 Å². The van der Waals surface area contributed by atoms with E-state index >= 15 is 13.2 Å². The van der Waals surface area contributed by atoms with Crippen LogP contribution in [0.4, 0.5) is 19.0 Å². The summed E-state index contributed by atoms with van der Waals surface area (Å²) in [5.74, 6) is 0.680. The predicted octanol–water partition coefficient (Wildman–Crippen LogP) is 7.39. The third-order valence-corrected chi connectivity index (χ3v) is 13.7. The van der Waals surface area contributed by atoms with E-state index in [-0.39, 0.29) is 75.7 Å². The smallest absolute Gasteiger partial charge is 0.319 e. The number of alkyl halides is 1. The van der Waals surface area contributed by atoms with Crippen molar-refractivity contribution < 1.29 is 32.5 Å². The highest BCUT2D eigenvalue weighted by Crippen LogP contribution is 2.42. The van der Waals surface area contributed by atoms with Gasteiger partial charge in [-0.1, -0.05) is 31.4 Å². The molecule has 0 spiro atoms. The number of halogens is 3. The monoisotopic (exact) mass is 825 g/mol. The molecule has 2 N–H and O–H groups in total. The second-order valence-electron chi connectivity index (χ2n) is 17.4. The summed E-state index contributed by atoms with van der Waals surface area (Å²) in [4.78, 5) is 33.2. The van der Waals surface area contributed by atoms with E-state index in [1.807, 2.05) is 6.92 Å². The van der Waals surface area contributed by atoms with Crippen molar-refractivity contribution in [3.63, 3.8) is 0 Å². The summed E-state index contributed by atoms with van der Waals surface area (Å²) in [7, 11) is 1.76. The van der Waals surface area contributed by atoms with Crippen LogP contribution in [0.5, 0.6) is 11.8 Å². The number of ether oxygens (including phenoxy) is 2. The summed E-state index contributed by atoms with van der Waals surface area (Å²) in [6, 6.07) is 6.29. The van der Waals surface area contributed by atoms with E-state index in [1.165, 1.54) is 36.5 Å². The first kappa shape index (κ1) is 41.8. The molecular formula is C46H54F3N7O4. The highest BCUT2D eigenvalue weighted by molar-refractivity contribution is 6.03. The van der Waals surface area contributed by atoms with Gasteiger partial charge in [0.15, 0.2) is 5.82 Å². The average Bonchev–Trinajstić information content (AvgIpc) is 3.86. The van der Waals surface area contributed by atoms with Crippen LogP contribution < -0.4 is 10.1 Å². The molecule has 3 atom stereocenters. The summed E-state index contributed by atoms with van der Waals surface area (Å²) >= 11 is 0. The second-order valence-corrected chi connectivity index (χ2v) is 17.4. The van der Waals surface area contributed by atoms with Crippen molar-refractivity contribution in [3.8, 4) is 35.4 Å². The summed E-state index contributed by atoms with van der Waals surface area (Å²) in [6.45, 7) is 11.0. The fourth-order valence-electron chi connectivity index (χ4n) is 10.5. The van der Waals surface area contributed by atoms with Crippen LogP contribution in [0.25, 0.3) is 32.9 Å². The number of phenolic OH excluding ortho intramolecular Hbond substituents is 1. The van der Waals surface area contributed by atoms with Gasteiger partial charge in [0.2, 0.25) is 5.91 Å². The maximum absolute atomic E-state index is 17.2. The molecule has 2 aliphatic heterocycles. The molecule has 2 aromatic carbocycles. The van der Waals surface area contributed by atoms with Crippen LogP contribution in [0.2, 0.25) is 0 Å². The first-order valence-electron chi connectivity index (χ1n) is 21.1. The normalized spacial score (nSPS) is 25.9. The molecular weight excluding hydrogens is 772 g/mol. The van der Waals surface area contributed by atoms with E-state index in [2.05, 4.69) is 44.5 Å². The maximum Gasteiger partial charge on any atom is 0.319 e. The lowest BCUT2D eigenvalue weighted by molar-refractivity contribution is -0.129. The van der Waals surface area contributed by atoms with Crippen molar-refractivity contribution in [1.82, 2.24) is 29.7 Å². The molecule has 4 aliphatic rings. The quantitative estimate of drug-likeness (QED) is 0.117. The molecule has 2 aliphatic carbocycles. The average molecular weight is 826 g/mol. The SMILES string of the molecule is C#Cc1c(F)ccc2cc(O)cc(-c3ncc4c(NCC5(N(C)C(=O)C=C)CCCC5)nc(OCC5(C)CC(F)CN5C5CCC(N6CCOC[C@@H]6C)CC5)nc4c3F)c12. The minimum Gasteiger partial charge on any atom is -0.508 e. The highest BCUT2D eigenvalue weighted by atomic mass is 19.1. The Kier molecular flexibility index (Phi) is 11.7. The summed E-state index contributed by atoms with van der Waals surface area (Å²) < 4.78 is 59.8. The topological polar surface area (TPSA) is 116 Å². The van der Waals surface area contributed by atoms with Gasteiger partial charge in [-0.3, -0.25) is 19.6 Å². The number of phenols is 1. The summed E-state index contributed by atoms with van der Waals surface area (Å²) in [5, 5.41) is 14.9. The van der Waals surface area contributed by atoms with Crippen LogP contribution in [-0.2, 0) is 9.53 Å². The van der Waals surface area contributed by atoms with E-state index in [0.717, 1.165) is 71.1 Å². The molecule has 0 radical (unpaired) electrons. The summed E-state index contributed by atoms with van der Waals surface area (Å²) in [6.07, 6.45) is 14.9. The molecule has 11 nitrogen and oxygen atoms in total. The fraction of sp³-hybridized carbons (Fsp3) is 0.522. The van der Waals surface area contributed by atoms with Crippen molar-refractivity contribution in [2.75, 3.05) is 51.8 Å². The number of aromatic nitrogens is 3. The Hall–Kier alpha value is -4.97. The number of fused-ring (bicyclic) bond motifs is 2. The number of rotatable bonds is 11. The Morgan fingerprint density at radius 3 is 2.65 bits per heavy atom. The van der Waals surface area contributed by atoms with E-state index in [0.29, 0.717) is 30.6 Å². The third kappa shape index (κ3) is 7.76. The number of benzene rings is 2. The van der Waals surface area contributed by atoms with Crippen LogP contribution in [-0.4, -0.2) is 123 Å². The van der Waals surface area contributed by atoms with Crippen LogP contribution in [0.3, 0.4) is 0 Å². The van der Waals surface area contributed by atoms with Gasteiger partial charge in [-0.2, -0.15) is 9.97 Å². The molecule has 4 aromatic rings. The van der Waals surface area contributed by atoms with Crippen molar-refractivity contribution in [1.29, 1.82) is 0 Å². The lowest BCUT2D eigenvalue weighted by atomic mass is 9.86. The number of anilines is 1. The second kappa shape index (κ2) is 16.8. The number of hydrogen-bond donors (Lipinski definition) is 2. The molecule has 318 valence electrons. The number of nitrogens with zero attached hydrogens (tertiary/aromatic N) is 6. The maximum atomic E-state index is 17.2. The number of carbonyl (C=O) groups excluding carboxylic acids is 1. The Balaban J connectivity index is 1.14. The molecule has 2 unspecified atom stereocenters. The Bertz CT molecular complexity index is 2330. The number of morpholine rings is 1. The summed E-state index contributed by atoms with van der Waals surface area (Å²) in [5.41, 5.74) is -1.59. The molecule has 1 amide bonds. The third-order valence-electron chi connectivity index (χ3n) is 13.7. The van der Waals surface area contributed by atoms with Crippen LogP contribution in [0.1, 0.15) is 77.2 Å². The largest absolute Gasteiger partial charge is 0.508 e. The van der Waals surface area contributed by atoms with E-state index < -0.39 is 28.9 Å². The van der Waals surface area contributed by atoms with Crippen LogP contribution in [0.15, 0.2) is 43.1 Å². The predicted molar refractivity (Wildman–Crippen MR) is 226 cm³/mol.